The normalized spacial score (nSPS) is 11.4. The lowest BCUT2D eigenvalue weighted by Gasteiger charge is -2.21. The number of nitrogens with one attached hydrogen (secondary N) is 2. The van der Waals surface area contributed by atoms with Crippen LogP contribution in [0.25, 0.3) is 0 Å². The first kappa shape index (κ1) is 21.2. The first-order valence-electron chi connectivity index (χ1n) is 7.54. The number of amides is 2. The molecule has 0 aromatic rings. The number of carbonyl (C=O) groups is 2. The second-order valence-electron chi connectivity index (χ2n) is 5.25. The zero-order chi connectivity index (χ0) is 16.1. The minimum Gasteiger partial charge on any atom is -0.346 e. The van der Waals surface area contributed by atoms with Gasteiger partial charge in [-0.1, -0.05) is 41.0 Å². The molecule has 0 aliphatic carbocycles. The molecule has 0 radical (unpaired) electrons. The van der Waals surface area contributed by atoms with Gasteiger partial charge in [0.05, 0.1) is 12.6 Å². The molecule has 0 aromatic heterocycles. The van der Waals surface area contributed by atoms with Crippen LogP contribution in [0, 0.1) is 5.92 Å². The van der Waals surface area contributed by atoms with Crippen molar-refractivity contribution < 1.29 is 9.59 Å². The molecule has 0 spiro atoms. The van der Waals surface area contributed by atoms with Crippen molar-refractivity contribution in [2.75, 3.05) is 27.2 Å². The van der Waals surface area contributed by atoms with E-state index in [1.54, 1.807) is 19.0 Å². The van der Waals surface area contributed by atoms with Gasteiger partial charge >= 0.3 is 0 Å². The summed E-state index contributed by atoms with van der Waals surface area (Å²) in [4.78, 5) is 25.0. The summed E-state index contributed by atoms with van der Waals surface area (Å²) in [7, 11) is 3.49. The van der Waals surface area contributed by atoms with Crippen LogP contribution >= 0.6 is 0 Å². The summed E-state index contributed by atoms with van der Waals surface area (Å²) >= 11 is 0. The number of likely N-dealkylation sites (N-methyl/N-ethyl adjacent to an activating group) is 2. The Balaban J connectivity index is 0. The van der Waals surface area contributed by atoms with Crippen LogP contribution in [0.2, 0.25) is 0 Å². The van der Waals surface area contributed by atoms with Crippen LogP contribution in [-0.2, 0) is 9.59 Å². The van der Waals surface area contributed by atoms with E-state index < -0.39 is 0 Å². The number of hydrogen-bond acceptors (Lipinski definition) is 3. The first-order chi connectivity index (χ1) is 9.35. The van der Waals surface area contributed by atoms with E-state index in [9.17, 15) is 9.59 Å². The van der Waals surface area contributed by atoms with E-state index >= 15 is 0 Å². The molecule has 0 rings (SSSR count). The maximum absolute atomic E-state index is 11.8. The number of hydrogen-bond donors (Lipinski definition) is 2. The summed E-state index contributed by atoms with van der Waals surface area (Å²) in [6.45, 7) is 11.0. The van der Waals surface area contributed by atoms with Crippen LogP contribution in [0.15, 0.2) is 0 Å². The molecule has 5 heteroatoms. The van der Waals surface area contributed by atoms with Crippen LogP contribution in [0.1, 0.15) is 47.5 Å². The summed E-state index contributed by atoms with van der Waals surface area (Å²) in [5.74, 6) is 0.0167. The molecule has 1 atom stereocenters. The summed E-state index contributed by atoms with van der Waals surface area (Å²) in [5.41, 5.74) is 0. The Morgan fingerprint density at radius 1 is 1.15 bits per heavy atom. The molecule has 0 aliphatic heterocycles. The number of carbonyl (C=O) groups excluding carboxylic acids is 2. The highest BCUT2D eigenvalue weighted by Gasteiger charge is 2.20. The third-order valence-corrected chi connectivity index (χ3v) is 2.66. The van der Waals surface area contributed by atoms with E-state index in [0.29, 0.717) is 6.54 Å². The number of rotatable bonds is 7. The highest BCUT2D eigenvalue weighted by atomic mass is 16.2. The average molecular weight is 287 g/mol. The van der Waals surface area contributed by atoms with Crippen molar-refractivity contribution in [3.05, 3.63) is 0 Å². The number of nitrogens with zero attached hydrogens (tertiary/aromatic N) is 1. The van der Waals surface area contributed by atoms with Gasteiger partial charge in [0.2, 0.25) is 11.8 Å². The summed E-state index contributed by atoms with van der Waals surface area (Å²) in [6, 6.07) is -0.251. The van der Waals surface area contributed by atoms with Crippen LogP contribution in [0.4, 0.5) is 0 Å². The fourth-order valence-electron chi connectivity index (χ4n) is 1.63. The minimum atomic E-state index is -0.251. The topological polar surface area (TPSA) is 61.4 Å². The van der Waals surface area contributed by atoms with Gasteiger partial charge in [0.15, 0.2) is 0 Å². The molecule has 2 N–H and O–H groups in total. The molecule has 0 bridgehead atoms. The molecule has 0 saturated heterocycles. The smallest absolute Gasteiger partial charge is 0.241 e. The lowest BCUT2D eigenvalue weighted by Crippen LogP contribution is -2.48. The predicted octanol–water partition coefficient (Wildman–Crippen LogP) is 1.63. The lowest BCUT2D eigenvalue weighted by atomic mass is 10.0. The van der Waals surface area contributed by atoms with Crippen molar-refractivity contribution in [2.45, 2.75) is 53.5 Å². The Labute approximate surface area is 124 Å². The Bertz CT molecular complexity index is 268. The monoisotopic (exact) mass is 287 g/mol. The molecule has 120 valence electrons. The molecule has 0 saturated carbocycles. The Kier molecular flexibility index (Phi) is 13.7. The van der Waals surface area contributed by atoms with Gasteiger partial charge in [0.25, 0.3) is 0 Å². The largest absolute Gasteiger partial charge is 0.346 e. The van der Waals surface area contributed by atoms with Crippen molar-refractivity contribution in [3.8, 4) is 0 Å². The van der Waals surface area contributed by atoms with Crippen molar-refractivity contribution >= 4 is 11.8 Å². The summed E-state index contributed by atoms with van der Waals surface area (Å²) in [5, 5.41) is 5.60. The molecule has 20 heavy (non-hydrogen) atoms. The van der Waals surface area contributed by atoms with Crippen molar-refractivity contribution in [1.29, 1.82) is 0 Å². The zero-order valence-corrected chi connectivity index (χ0v) is 14.2. The maximum Gasteiger partial charge on any atom is 0.241 e. The lowest BCUT2D eigenvalue weighted by molar-refractivity contribution is -0.132. The molecule has 0 aromatic carbocycles. The van der Waals surface area contributed by atoms with E-state index in [2.05, 4.69) is 24.5 Å². The van der Waals surface area contributed by atoms with Crippen molar-refractivity contribution in [2.24, 2.45) is 5.92 Å². The van der Waals surface area contributed by atoms with E-state index in [1.807, 2.05) is 20.8 Å². The highest BCUT2D eigenvalue weighted by Crippen LogP contribution is 2.00. The fraction of sp³-hybridized carbons (Fsp3) is 0.867. The van der Waals surface area contributed by atoms with E-state index in [1.165, 1.54) is 6.42 Å². The second kappa shape index (κ2) is 12.9. The van der Waals surface area contributed by atoms with Crippen LogP contribution in [-0.4, -0.2) is 49.9 Å². The van der Waals surface area contributed by atoms with E-state index in [0.717, 1.165) is 6.42 Å². The molecule has 0 fully saturated rings. The van der Waals surface area contributed by atoms with Crippen LogP contribution in [0.5, 0.6) is 0 Å². The minimum absolute atomic E-state index is 0.0567. The standard InChI is InChI=1S/C12H25N3O2.C3H8/c1-6-7-15(5)10(16)8-14-12(17)11(13-4)9(2)3;1-3-2/h9,11,13H,6-8H2,1-5H3,(H,14,17);3H2,1-2H3. The van der Waals surface area contributed by atoms with Gasteiger partial charge in [-0.25, -0.2) is 0 Å². The zero-order valence-electron chi connectivity index (χ0n) is 14.2. The SMILES string of the molecule is CCC.CCCN(C)C(=O)CNC(=O)C(NC)C(C)C. The second-order valence-corrected chi connectivity index (χ2v) is 5.25. The maximum atomic E-state index is 11.8. The first-order valence-corrected chi connectivity index (χ1v) is 7.54. The van der Waals surface area contributed by atoms with Crippen molar-refractivity contribution in [3.63, 3.8) is 0 Å². The predicted molar refractivity (Wildman–Crippen MR) is 84.6 cm³/mol. The van der Waals surface area contributed by atoms with Gasteiger partial charge in [0, 0.05) is 13.6 Å². The van der Waals surface area contributed by atoms with Gasteiger partial charge in [-0.15, -0.1) is 0 Å². The Morgan fingerprint density at radius 3 is 2.00 bits per heavy atom. The summed E-state index contributed by atoms with van der Waals surface area (Å²) < 4.78 is 0. The third kappa shape index (κ3) is 9.78. The molecule has 0 aliphatic rings. The highest BCUT2D eigenvalue weighted by molar-refractivity contribution is 5.87. The van der Waals surface area contributed by atoms with Gasteiger partial charge in [-0.2, -0.15) is 0 Å². The Morgan fingerprint density at radius 2 is 1.65 bits per heavy atom. The van der Waals surface area contributed by atoms with Crippen molar-refractivity contribution in [1.82, 2.24) is 15.5 Å². The molecular formula is C15H33N3O2. The van der Waals surface area contributed by atoms with Gasteiger partial charge < -0.3 is 15.5 Å². The Hall–Kier alpha value is -1.10. The van der Waals surface area contributed by atoms with Gasteiger partial charge in [-0.3, -0.25) is 9.59 Å². The molecular weight excluding hydrogens is 254 g/mol. The molecule has 2 amide bonds. The average Bonchev–Trinajstić information content (AvgIpc) is 2.37. The van der Waals surface area contributed by atoms with Gasteiger partial charge in [-0.05, 0) is 19.4 Å². The molecule has 0 heterocycles. The molecule has 1 unspecified atom stereocenters. The molecule has 5 nitrogen and oxygen atoms in total. The quantitative estimate of drug-likeness (QED) is 0.748. The summed E-state index contributed by atoms with van der Waals surface area (Å²) in [6.07, 6.45) is 2.17. The van der Waals surface area contributed by atoms with Gasteiger partial charge in [0.1, 0.15) is 0 Å². The van der Waals surface area contributed by atoms with Crippen LogP contribution in [0.3, 0.4) is 0 Å². The van der Waals surface area contributed by atoms with Crippen LogP contribution < -0.4 is 10.6 Å². The fourth-order valence-corrected chi connectivity index (χ4v) is 1.63. The third-order valence-electron chi connectivity index (χ3n) is 2.66. The van der Waals surface area contributed by atoms with E-state index in [-0.39, 0.29) is 30.3 Å². The van der Waals surface area contributed by atoms with E-state index in [4.69, 9.17) is 0 Å².